The molecule has 3 aromatic rings. The smallest absolute Gasteiger partial charge is 0.318 e. The van der Waals surface area contributed by atoms with Crippen molar-refractivity contribution < 1.29 is 9.84 Å². The molecule has 5 aliphatic heterocycles. The molecule has 2 bridgehead atoms. The maximum absolute atomic E-state index is 10.6. The molecule has 226 valence electrons. The lowest BCUT2D eigenvalue weighted by Crippen LogP contribution is -2.52. The topological polar surface area (TPSA) is 77.0 Å². The van der Waals surface area contributed by atoms with E-state index in [0.29, 0.717) is 36.3 Å². The molecule has 6 aliphatic rings. The van der Waals surface area contributed by atoms with E-state index in [9.17, 15) is 5.11 Å². The number of rotatable bonds is 5. The van der Waals surface area contributed by atoms with E-state index < -0.39 is 0 Å². The first-order valence-electron chi connectivity index (χ1n) is 16.5. The summed E-state index contributed by atoms with van der Waals surface area (Å²) in [6.45, 7) is 5.30. The highest BCUT2D eigenvalue weighted by Gasteiger charge is 2.55. The molecular weight excluding hydrogens is 560 g/mol. The van der Waals surface area contributed by atoms with E-state index in [2.05, 4.69) is 20.0 Å². The Morgan fingerprint density at radius 3 is 2.79 bits per heavy atom. The standard InChI is InChI=1S/C34H41ClN6O2/c35-27-6-1-4-21-14-25(42)15-30(31(21)27)39-13-10-26-28(19-39)37-33(38-32(26)40-17-23-8-9-24(18-40)36-23)43-20-34-11-3-12-41(34)29-7-2-5-22(29)16-34/h1,4,6,14-15,22-24,29,36,42H,2-3,5,7-13,16-20H2/t22-,23?,24?,29-,34-/m0/s1. The summed E-state index contributed by atoms with van der Waals surface area (Å²) in [4.78, 5) is 17.9. The molecule has 0 spiro atoms. The van der Waals surface area contributed by atoms with Crippen LogP contribution in [0.15, 0.2) is 30.3 Å². The molecule has 2 unspecified atom stereocenters. The zero-order chi connectivity index (χ0) is 28.7. The Bertz CT molecular complexity index is 1570. The molecule has 2 aromatic carbocycles. The molecule has 2 N–H and O–H groups in total. The van der Waals surface area contributed by atoms with Crippen LogP contribution >= 0.6 is 11.6 Å². The molecule has 4 saturated heterocycles. The van der Waals surface area contributed by atoms with E-state index in [1.807, 2.05) is 24.3 Å². The second-order valence-electron chi connectivity index (χ2n) is 14.0. The lowest BCUT2D eigenvalue weighted by Gasteiger charge is -2.38. The molecule has 1 aromatic heterocycles. The van der Waals surface area contributed by atoms with Gasteiger partial charge in [0.15, 0.2) is 0 Å². The van der Waals surface area contributed by atoms with Crippen LogP contribution in [-0.2, 0) is 13.0 Å². The summed E-state index contributed by atoms with van der Waals surface area (Å²) in [5.41, 5.74) is 3.38. The molecule has 5 fully saturated rings. The number of fused-ring (bicyclic) bond motifs is 7. The fourth-order valence-electron chi connectivity index (χ4n) is 9.75. The Morgan fingerprint density at radius 2 is 1.91 bits per heavy atom. The Balaban J connectivity index is 1.06. The van der Waals surface area contributed by atoms with Gasteiger partial charge in [0.1, 0.15) is 18.2 Å². The third kappa shape index (κ3) is 4.38. The van der Waals surface area contributed by atoms with Crippen LogP contribution in [0.4, 0.5) is 11.5 Å². The fourth-order valence-corrected chi connectivity index (χ4v) is 10.0. The van der Waals surface area contributed by atoms with Crippen molar-refractivity contribution in [3.63, 3.8) is 0 Å². The zero-order valence-electron chi connectivity index (χ0n) is 24.8. The number of benzene rings is 2. The van der Waals surface area contributed by atoms with Gasteiger partial charge in [-0.05, 0) is 81.3 Å². The SMILES string of the molecule is Oc1cc(N2CCc3c(nc(OC[C@@]45CCCN4[C@H]4CCC[C@H]4C5)nc3N3CC4CCC(C3)N4)C2)c2c(Cl)cccc2c1. The largest absolute Gasteiger partial charge is 0.508 e. The van der Waals surface area contributed by atoms with E-state index in [1.54, 1.807) is 6.07 Å². The van der Waals surface area contributed by atoms with Gasteiger partial charge in [-0.25, -0.2) is 0 Å². The van der Waals surface area contributed by atoms with Gasteiger partial charge in [-0.15, -0.1) is 0 Å². The minimum atomic E-state index is 0.145. The van der Waals surface area contributed by atoms with Gasteiger partial charge < -0.3 is 25.0 Å². The van der Waals surface area contributed by atoms with Gasteiger partial charge in [-0.3, -0.25) is 4.90 Å². The molecule has 8 nitrogen and oxygen atoms in total. The molecule has 5 atom stereocenters. The number of ether oxygens (including phenoxy) is 1. The number of piperazine rings is 1. The van der Waals surface area contributed by atoms with Crippen molar-refractivity contribution in [1.82, 2.24) is 20.2 Å². The lowest BCUT2D eigenvalue weighted by molar-refractivity contribution is 0.0829. The molecule has 9 rings (SSSR count). The first-order chi connectivity index (χ1) is 21.0. The summed E-state index contributed by atoms with van der Waals surface area (Å²) < 4.78 is 6.69. The first-order valence-corrected chi connectivity index (χ1v) is 16.9. The van der Waals surface area contributed by atoms with E-state index >= 15 is 0 Å². The summed E-state index contributed by atoms with van der Waals surface area (Å²) in [5.74, 6) is 2.15. The number of anilines is 2. The molecule has 1 aliphatic carbocycles. The second kappa shape index (κ2) is 10.1. The number of phenols is 1. The summed E-state index contributed by atoms with van der Waals surface area (Å²) in [5, 5.41) is 17.0. The summed E-state index contributed by atoms with van der Waals surface area (Å²) in [6, 6.07) is 11.8. The van der Waals surface area contributed by atoms with Crippen LogP contribution in [0.3, 0.4) is 0 Å². The molecule has 9 heteroatoms. The predicted octanol–water partition coefficient (Wildman–Crippen LogP) is 5.28. The maximum Gasteiger partial charge on any atom is 0.318 e. The highest BCUT2D eigenvalue weighted by molar-refractivity contribution is 6.36. The number of halogens is 1. The number of aromatic nitrogens is 2. The third-order valence-electron chi connectivity index (χ3n) is 11.6. The van der Waals surface area contributed by atoms with E-state index in [4.69, 9.17) is 26.3 Å². The summed E-state index contributed by atoms with van der Waals surface area (Å²) in [6.07, 6.45) is 11.2. The number of hydrogen-bond donors (Lipinski definition) is 2. The van der Waals surface area contributed by atoms with Gasteiger partial charge in [0.05, 0.1) is 28.5 Å². The molecule has 0 amide bonds. The van der Waals surface area contributed by atoms with Crippen molar-refractivity contribution in [1.29, 1.82) is 0 Å². The maximum atomic E-state index is 10.6. The predicted molar refractivity (Wildman–Crippen MR) is 169 cm³/mol. The second-order valence-corrected chi connectivity index (χ2v) is 14.5. The third-order valence-corrected chi connectivity index (χ3v) is 11.9. The van der Waals surface area contributed by atoms with Crippen LogP contribution in [-0.4, -0.2) is 76.4 Å². The van der Waals surface area contributed by atoms with Crippen LogP contribution in [0.25, 0.3) is 10.8 Å². The quantitative estimate of drug-likeness (QED) is 0.410. The van der Waals surface area contributed by atoms with Crippen molar-refractivity contribution >= 4 is 33.9 Å². The number of phenolic OH excluding ortho intramolecular Hbond substituents is 1. The van der Waals surface area contributed by atoms with Crippen LogP contribution in [0.2, 0.25) is 5.02 Å². The minimum absolute atomic E-state index is 0.145. The van der Waals surface area contributed by atoms with E-state index in [1.165, 1.54) is 63.5 Å². The van der Waals surface area contributed by atoms with Crippen LogP contribution < -0.4 is 19.9 Å². The highest BCUT2D eigenvalue weighted by atomic mass is 35.5. The van der Waals surface area contributed by atoms with Gasteiger partial charge in [-0.2, -0.15) is 9.97 Å². The normalized spacial score (nSPS) is 31.5. The number of aromatic hydroxyl groups is 1. The van der Waals surface area contributed by atoms with Crippen molar-refractivity contribution in [2.45, 2.75) is 88.0 Å². The molecule has 43 heavy (non-hydrogen) atoms. The monoisotopic (exact) mass is 600 g/mol. The molecular formula is C34H41ClN6O2. The van der Waals surface area contributed by atoms with Crippen molar-refractivity contribution in [2.75, 3.05) is 42.6 Å². The van der Waals surface area contributed by atoms with Crippen LogP contribution in [0.5, 0.6) is 11.8 Å². The van der Waals surface area contributed by atoms with Crippen molar-refractivity contribution in [2.24, 2.45) is 5.92 Å². The van der Waals surface area contributed by atoms with Crippen molar-refractivity contribution in [3.8, 4) is 11.8 Å². The Kier molecular flexibility index (Phi) is 6.25. The molecule has 6 heterocycles. The first kappa shape index (κ1) is 26.6. The van der Waals surface area contributed by atoms with Gasteiger partial charge in [0, 0.05) is 54.8 Å². The van der Waals surface area contributed by atoms with Crippen LogP contribution in [0, 0.1) is 5.92 Å². The fraction of sp³-hybridized carbons (Fsp3) is 0.588. The average Bonchev–Trinajstić information content (AvgIpc) is 3.76. The van der Waals surface area contributed by atoms with Crippen LogP contribution in [0.1, 0.15) is 62.6 Å². The zero-order valence-corrected chi connectivity index (χ0v) is 25.5. The van der Waals surface area contributed by atoms with Gasteiger partial charge >= 0.3 is 6.01 Å². The van der Waals surface area contributed by atoms with E-state index in [0.717, 1.165) is 66.0 Å². The van der Waals surface area contributed by atoms with Gasteiger partial charge in [-0.1, -0.05) is 30.2 Å². The Morgan fingerprint density at radius 1 is 1.02 bits per heavy atom. The summed E-state index contributed by atoms with van der Waals surface area (Å²) >= 11 is 6.73. The number of hydrogen-bond acceptors (Lipinski definition) is 8. The average molecular weight is 601 g/mol. The molecule has 1 saturated carbocycles. The summed E-state index contributed by atoms with van der Waals surface area (Å²) in [7, 11) is 0. The van der Waals surface area contributed by atoms with Gasteiger partial charge in [0.2, 0.25) is 0 Å². The number of nitrogens with one attached hydrogen (secondary N) is 1. The highest BCUT2D eigenvalue weighted by Crippen LogP contribution is 2.51. The van der Waals surface area contributed by atoms with Crippen molar-refractivity contribution in [3.05, 3.63) is 46.6 Å². The van der Waals surface area contributed by atoms with Gasteiger partial charge in [0.25, 0.3) is 0 Å². The Hall–Kier alpha value is -2.81. The number of nitrogens with zero attached hydrogens (tertiary/aromatic N) is 5. The Labute approximate surface area is 258 Å². The minimum Gasteiger partial charge on any atom is -0.508 e. The molecule has 0 radical (unpaired) electrons. The van der Waals surface area contributed by atoms with E-state index in [-0.39, 0.29) is 11.3 Å². The lowest BCUT2D eigenvalue weighted by atomic mass is 9.90.